The molecule has 0 aliphatic carbocycles. The standard InChI is InChI=1S/C8H14NO3/c1-6-7(11-5-9-2)3-4-8(10)12-6/h5-8,10H,2-4H2,1H3/q+1/t6-,7+,8+/m0/s1. The summed E-state index contributed by atoms with van der Waals surface area (Å²) in [4.78, 5) is 0. The Hall–Kier alpha value is -0.830. The molecule has 68 valence electrons. The van der Waals surface area contributed by atoms with Crippen molar-refractivity contribution in [1.29, 1.82) is 0 Å². The molecule has 0 saturated carbocycles. The molecule has 3 atom stereocenters. The molecule has 1 aliphatic rings. The largest absolute Gasteiger partial charge is 0.449 e. The van der Waals surface area contributed by atoms with Gasteiger partial charge in [-0.3, -0.25) is 0 Å². The van der Waals surface area contributed by atoms with Crippen molar-refractivity contribution < 1.29 is 14.6 Å². The van der Waals surface area contributed by atoms with Crippen LogP contribution in [0.4, 0.5) is 0 Å². The van der Waals surface area contributed by atoms with Gasteiger partial charge in [0.2, 0.25) is 0 Å². The molecule has 0 spiro atoms. The van der Waals surface area contributed by atoms with E-state index in [0.717, 1.165) is 6.42 Å². The maximum Gasteiger partial charge on any atom is 0.449 e. The first-order valence-corrected chi connectivity index (χ1v) is 4.00. The average molecular weight is 172 g/mol. The van der Waals surface area contributed by atoms with Crippen LogP contribution in [-0.4, -0.2) is 36.7 Å². The van der Waals surface area contributed by atoms with Crippen molar-refractivity contribution in [3.05, 3.63) is 0 Å². The Morgan fingerprint density at radius 1 is 1.67 bits per heavy atom. The minimum Gasteiger partial charge on any atom is -0.431 e. The van der Waals surface area contributed by atoms with Crippen LogP contribution in [0.15, 0.2) is 0 Å². The van der Waals surface area contributed by atoms with Gasteiger partial charge in [0.05, 0.1) is 6.10 Å². The van der Waals surface area contributed by atoms with E-state index < -0.39 is 6.29 Å². The highest BCUT2D eigenvalue weighted by Crippen LogP contribution is 2.19. The van der Waals surface area contributed by atoms with E-state index >= 15 is 0 Å². The lowest BCUT2D eigenvalue weighted by Gasteiger charge is -2.29. The number of aliphatic hydroxyl groups excluding tert-OH is 1. The van der Waals surface area contributed by atoms with E-state index in [1.54, 1.807) is 0 Å². The maximum absolute atomic E-state index is 9.10. The Bertz CT molecular complexity index is 189. The zero-order chi connectivity index (χ0) is 8.97. The number of aliphatic hydroxyl groups is 1. The molecule has 4 nitrogen and oxygen atoms in total. The molecule has 1 N–H and O–H groups in total. The van der Waals surface area contributed by atoms with E-state index in [-0.39, 0.29) is 12.2 Å². The number of hydrogen-bond donors (Lipinski definition) is 1. The summed E-state index contributed by atoms with van der Waals surface area (Å²) in [6.45, 7) is 5.13. The van der Waals surface area contributed by atoms with Gasteiger partial charge in [-0.05, 0) is 13.3 Å². The molecular weight excluding hydrogens is 158 g/mol. The molecular formula is C8H14NO3+. The summed E-state index contributed by atoms with van der Waals surface area (Å²) >= 11 is 0. The van der Waals surface area contributed by atoms with Crippen LogP contribution in [0.3, 0.4) is 0 Å². The molecule has 1 fully saturated rings. The first-order chi connectivity index (χ1) is 5.74. The summed E-state index contributed by atoms with van der Waals surface area (Å²) in [5.41, 5.74) is 0. The Morgan fingerprint density at radius 3 is 3.00 bits per heavy atom. The van der Waals surface area contributed by atoms with Gasteiger partial charge in [0, 0.05) is 6.42 Å². The summed E-state index contributed by atoms with van der Waals surface area (Å²) in [6, 6.07) is 0. The lowest BCUT2D eigenvalue weighted by molar-refractivity contribution is -0.188. The molecule has 4 heteroatoms. The minimum absolute atomic E-state index is 0.0149. The van der Waals surface area contributed by atoms with Crippen LogP contribution in [0.1, 0.15) is 19.8 Å². The molecule has 0 amide bonds. The van der Waals surface area contributed by atoms with E-state index in [1.165, 1.54) is 6.40 Å². The minimum atomic E-state index is -0.642. The van der Waals surface area contributed by atoms with E-state index in [1.807, 2.05) is 6.92 Å². The zero-order valence-electron chi connectivity index (χ0n) is 7.14. The van der Waals surface area contributed by atoms with E-state index in [2.05, 4.69) is 11.4 Å². The van der Waals surface area contributed by atoms with Gasteiger partial charge in [0.15, 0.2) is 6.29 Å². The Kier molecular flexibility index (Phi) is 3.29. The second-order valence-electron chi connectivity index (χ2n) is 2.84. The van der Waals surface area contributed by atoms with Crippen molar-refractivity contribution in [2.75, 3.05) is 0 Å². The van der Waals surface area contributed by atoms with Crippen molar-refractivity contribution in [2.24, 2.45) is 0 Å². The van der Waals surface area contributed by atoms with Crippen molar-refractivity contribution in [3.63, 3.8) is 0 Å². The van der Waals surface area contributed by atoms with Gasteiger partial charge in [-0.2, -0.15) is 0 Å². The molecule has 1 aliphatic heterocycles. The maximum atomic E-state index is 9.10. The SMILES string of the molecule is C=[N+]=CO[C@@H]1CC[C@H](O)O[C@H]1C. The Morgan fingerprint density at radius 2 is 2.42 bits per heavy atom. The highest BCUT2D eigenvalue weighted by atomic mass is 16.6. The predicted octanol–water partition coefficient (Wildman–Crippen LogP) is -0.315. The van der Waals surface area contributed by atoms with Crippen LogP contribution in [0.25, 0.3) is 0 Å². The molecule has 0 aromatic rings. The average Bonchev–Trinajstić information content (AvgIpc) is 2.03. The summed E-state index contributed by atoms with van der Waals surface area (Å²) < 4.78 is 13.8. The fourth-order valence-electron chi connectivity index (χ4n) is 1.24. The van der Waals surface area contributed by atoms with Crippen molar-refractivity contribution in [2.45, 2.75) is 38.3 Å². The predicted molar refractivity (Wildman–Crippen MR) is 46.0 cm³/mol. The van der Waals surface area contributed by atoms with Crippen LogP contribution in [0.2, 0.25) is 0 Å². The molecule has 0 radical (unpaired) electrons. The van der Waals surface area contributed by atoms with Gasteiger partial charge >= 0.3 is 6.40 Å². The first kappa shape index (κ1) is 9.26. The van der Waals surface area contributed by atoms with Crippen LogP contribution < -0.4 is 4.67 Å². The molecule has 12 heavy (non-hydrogen) atoms. The molecule has 0 bridgehead atoms. The first-order valence-electron chi connectivity index (χ1n) is 4.00. The van der Waals surface area contributed by atoms with Gasteiger partial charge in [-0.25, -0.2) is 0 Å². The monoisotopic (exact) mass is 172 g/mol. The molecule has 1 saturated heterocycles. The fourth-order valence-corrected chi connectivity index (χ4v) is 1.24. The van der Waals surface area contributed by atoms with Crippen LogP contribution >= 0.6 is 0 Å². The molecule has 0 aromatic heterocycles. The quantitative estimate of drug-likeness (QED) is 0.353. The summed E-state index contributed by atoms with van der Waals surface area (Å²) in [7, 11) is 0. The highest BCUT2D eigenvalue weighted by molar-refractivity contribution is 5.48. The van der Waals surface area contributed by atoms with Gasteiger partial charge in [0.25, 0.3) is 6.72 Å². The van der Waals surface area contributed by atoms with Gasteiger partial charge in [0.1, 0.15) is 6.10 Å². The molecule has 1 heterocycles. The van der Waals surface area contributed by atoms with Crippen LogP contribution in [0.5, 0.6) is 0 Å². The fraction of sp³-hybridized carbons (Fsp3) is 0.750. The van der Waals surface area contributed by atoms with E-state index in [0.29, 0.717) is 6.42 Å². The summed E-state index contributed by atoms with van der Waals surface area (Å²) in [5.74, 6) is 0. The third kappa shape index (κ3) is 2.34. The lowest BCUT2D eigenvalue weighted by atomic mass is 10.1. The van der Waals surface area contributed by atoms with E-state index in [9.17, 15) is 0 Å². The van der Waals surface area contributed by atoms with Crippen molar-refractivity contribution in [3.8, 4) is 0 Å². The smallest absolute Gasteiger partial charge is 0.431 e. The van der Waals surface area contributed by atoms with Gasteiger partial charge in [-0.1, -0.05) is 4.67 Å². The number of hydrogen-bond acceptors (Lipinski definition) is 3. The third-order valence-corrected chi connectivity index (χ3v) is 1.90. The van der Waals surface area contributed by atoms with Gasteiger partial charge < -0.3 is 14.6 Å². The number of nitrogens with zero attached hydrogens (tertiary/aromatic N) is 1. The summed E-state index contributed by atoms with van der Waals surface area (Å²) in [6.07, 6.45) is 1.96. The number of rotatable bonds is 2. The van der Waals surface area contributed by atoms with Crippen LogP contribution in [-0.2, 0) is 9.47 Å². The second-order valence-corrected chi connectivity index (χ2v) is 2.84. The number of ether oxygens (including phenoxy) is 2. The van der Waals surface area contributed by atoms with Crippen molar-refractivity contribution in [1.82, 2.24) is 4.67 Å². The second kappa shape index (κ2) is 4.26. The zero-order valence-corrected chi connectivity index (χ0v) is 7.14. The Balaban J connectivity index is 2.39. The topological polar surface area (TPSA) is 52.8 Å². The lowest BCUT2D eigenvalue weighted by Crippen LogP contribution is -2.38. The summed E-state index contributed by atoms with van der Waals surface area (Å²) in [5, 5.41) is 9.10. The van der Waals surface area contributed by atoms with Crippen molar-refractivity contribution >= 4 is 13.1 Å². The van der Waals surface area contributed by atoms with E-state index in [4.69, 9.17) is 14.6 Å². The molecule has 0 aromatic carbocycles. The molecule has 1 rings (SSSR count). The Labute approximate surface area is 71.6 Å². The van der Waals surface area contributed by atoms with Gasteiger partial charge in [-0.15, -0.1) is 0 Å². The molecule has 0 unspecified atom stereocenters. The third-order valence-electron chi connectivity index (χ3n) is 1.90. The highest BCUT2D eigenvalue weighted by Gasteiger charge is 2.28. The normalized spacial score (nSPS) is 35.3. The van der Waals surface area contributed by atoms with Crippen LogP contribution in [0, 0.1) is 0 Å².